The zero-order chi connectivity index (χ0) is 25.9. The highest BCUT2D eigenvalue weighted by atomic mass is 19.3. The van der Waals surface area contributed by atoms with Gasteiger partial charge in [-0.15, -0.1) is 0 Å². The average molecular weight is 495 g/mol. The minimum atomic E-state index is -3.03. The van der Waals surface area contributed by atoms with Crippen molar-refractivity contribution in [3.63, 3.8) is 0 Å². The summed E-state index contributed by atoms with van der Waals surface area (Å²) < 4.78 is 69.3. The molecule has 186 valence electrons. The number of methoxy groups -OCH3 is 2. The molecule has 3 aromatic rings. The quantitative estimate of drug-likeness (QED) is 0.367. The summed E-state index contributed by atoms with van der Waals surface area (Å²) in [7, 11) is 2.42. The summed E-state index contributed by atoms with van der Waals surface area (Å²) in [6.07, 6.45) is 1.19. The second kappa shape index (κ2) is 10.0. The number of ether oxygens (including phenoxy) is 3. The van der Waals surface area contributed by atoms with Crippen molar-refractivity contribution in [1.82, 2.24) is 9.55 Å². The molecule has 0 fully saturated rings. The van der Waals surface area contributed by atoms with Crippen LogP contribution in [0.5, 0.6) is 11.5 Å². The second-order valence-electron chi connectivity index (χ2n) is 7.73. The van der Waals surface area contributed by atoms with Gasteiger partial charge in [0.05, 0.1) is 19.9 Å². The number of nitrogens with zero attached hydrogens (tertiary/aromatic N) is 2. The van der Waals surface area contributed by atoms with Crippen molar-refractivity contribution < 1.29 is 41.4 Å². The van der Waals surface area contributed by atoms with Gasteiger partial charge in [0.1, 0.15) is 22.6 Å². The van der Waals surface area contributed by atoms with Crippen LogP contribution in [-0.4, -0.2) is 42.3 Å². The standard InChI is InChI=1S/C23H21F4N3O5/c1-23(2,20(32)34-4)17-11-30(18-15(24)9-14(33-3)10-16(18)25)22(28-17)29-19(31)12-5-7-13(8-6-12)35-21(26)27/h5-11,21H,1-4H3,(H,28,29,31). The van der Waals surface area contributed by atoms with Crippen molar-refractivity contribution in [3.8, 4) is 17.2 Å². The van der Waals surface area contributed by atoms with E-state index >= 15 is 0 Å². The lowest BCUT2D eigenvalue weighted by Gasteiger charge is -2.18. The van der Waals surface area contributed by atoms with E-state index < -0.39 is 41.2 Å². The van der Waals surface area contributed by atoms with Crippen molar-refractivity contribution in [2.45, 2.75) is 25.9 Å². The molecule has 0 saturated heterocycles. The Hall–Kier alpha value is -4.09. The number of alkyl halides is 2. The molecule has 0 spiro atoms. The molecule has 1 heterocycles. The van der Waals surface area contributed by atoms with Crippen LogP contribution in [0.2, 0.25) is 0 Å². The highest BCUT2D eigenvalue weighted by Gasteiger charge is 2.35. The number of amides is 1. The van der Waals surface area contributed by atoms with Crippen molar-refractivity contribution in [2.24, 2.45) is 0 Å². The molecule has 1 amide bonds. The van der Waals surface area contributed by atoms with Gasteiger partial charge in [-0.2, -0.15) is 8.78 Å². The summed E-state index contributed by atoms with van der Waals surface area (Å²) in [6.45, 7) is -0.0628. The lowest BCUT2D eigenvalue weighted by Crippen LogP contribution is -2.30. The summed E-state index contributed by atoms with van der Waals surface area (Å²) >= 11 is 0. The number of anilines is 1. The Morgan fingerprint density at radius 2 is 1.63 bits per heavy atom. The summed E-state index contributed by atoms with van der Waals surface area (Å²) in [5.41, 5.74) is -1.85. The summed E-state index contributed by atoms with van der Waals surface area (Å²) in [5, 5.41) is 2.43. The lowest BCUT2D eigenvalue weighted by molar-refractivity contribution is -0.146. The first-order valence-electron chi connectivity index (χ1n) is 10.1. The van der Waals surface area contributed by atoms with E-state index in [0.717, 1.165) is 28.8 Å². The Morgan fingerprint density at radius 1 is 1.03 bits per heavy atom. The number of imidazole rings is 1. The van der Waals surface area contributed by atoms with Crippen LogP contribution in [0.4, 0.5) is 23.5 Å². The van der Waals surface area contributed by atoms with Crippen LogP contribution in [0.15, 0.2) is 42.6 Å². The van der Waals surface area contributed by atoms with E-state index in [1.54, 1.807) is 0 Å². The number of esters is 1. The number of hydrogen-bond donors (Lipinski definition) is 1. The number of aromatic nitrogens is 2. The largest absolute Gasteiger partial charge is 0.497 e. The highest BCUT2D eigenvalue weighted by molar-refractivity contribution is 6.03. The predicted molar refractivity (Wildman–Crippen MR) is 116 cm³/mol. The summed E-state index contributed by atoms with van der Waals surface area (Å²) in [5.74, 6) is -4.03. The van der Waals surface area contributed by atoms with Gasteiger partial charge in [0.25, 0.3) is 5.91 Å². The second-order valence-corrected chi connectivity index (χ2v) is 7.73. The third-order valence-electron chi connectivity index (χ3n) is 5.08. The van der Waals surface area contributed by atoms with Crippen molar-refractivity contribution in [2.75, 3.05) is 19.5 Å². The van der Waals surface area contributed by atoms with Crippen LogP contribution < -0.4 is 14.8 Å². The van der Waals surface area contributed by atoms with E-state index in [-0.39, 0.29) is 28.7 Å². The van der Waals surface area contributed by atoms with E-state index in [1.165, 1.54) is 46.4 Å². The van der Waals surface area contributed by atoms with Crippen LogP contribution >= 0.6 is 0 Å². The van der Waals surface area contributed by atoms with E-state index in [4.69, 9.17) is 9.47 Å². The number of rotatable bonds is 8. The molecule has 0 aliphatic heterocycles. The molecule has 1 N–H and O–H groups in total. The molecule has 0 aliphatic carbocycles. The molecule has 0 saturated carbocycles. The summed E-state index contributed by atoms with van der Waals surface area (Å²) in [6, 6.07) is 6.63. The molecule has 12 heteroatoms. The zero-order valence-electron chi connectivity index (χ0n) is 19.1. The number of carbonyl (C=O) groups excluding carboxylic acids is 2. The molecule has 0 aliphatic rings. The first-order valence-corrected chi connectivity index (χ1v) is 10.1. The smallest absolute Gasteiger partial charge is 0.387 e. The third-order valence-corrected chi connectivity index (χ3v) is 5.08. The van der Waals surface area contributed by atoms with Crippen LogP contribution in [0.3, 0.4) is 0 Å². The molecular formula is C23H21F4N3O5. The fraction of sp³-hybridized carbons (Fsp3) is 0.261. The van der Waals surface area contributed by atoms with Crippen LogP contribution in [0, 0.1) is 11.6 Å². The van der Waals surface area contributed by atoms with E-state index in [1.807, 2.05) is 0 Å². The van der Waals surface area contributed by atoms with E-state index in [0.29, 0.717) is 0 Å². The number of halogens is 4. The van der Waals surface area contributed by atoms with Crippen molar-refractivity contribution in [3.05, 3.63) is 65.5 Å². The molecule has 3 rings (SSSR count). The van der Waals surface area contributed by atoms with Gasteiger partial charge in [-0.05, 0) is 38.1 Å². The van der Waals surface area contributed by atoms with Crippen LogP contribution in [0.25, 0.3) is 5.69 Å². The topological polar surface area (TPSA) is 91.7 Å². The van der Waals surface area contributed by atoms with Gasteiger partial charge >= 0.3 is 12.6 Å². The van der Waals surface area contributed by atoms with Crippen molar-refractivity contribution >= 4 is 17.8 Å². The van der Waals surface area contributed by atoms with E-state index in [9.17, 15) is 27.2 Å². The van der Waals surface area contributed by atoms with Gasteiger partial charge in [-0.3, -0.25) is 19.5 Å². The maximum absolute atomic E-state index is 14.9. The van der Waals surface area contributed by atoms with Crippen molar-refractivity contribution in [1.29, 1.82) is 0 Å². The molecular weight excluding hydrogens is 474 g/mol. The average Bonchev–Trinajstić information content (AvgIpc) is 3.21. The first kappa shape index (κ1) is 25.5. The molecule has 0 atom stereocenters. The fourth-order valence-electron chi connectivity index (χ4n) is 3.15. The number of nitrogens with one attached hydrogen (secondary N) is 1. The van der Waals surface area contributed by atoms with Gasteiger partial charge in [0.2, 0.25) is 5.95 Å². The number of hydrogen-bond acceptors (Lipinski definition) is 6. The predicted octanol–water partition coefficient (Wildman–Crippen LogP) is 4.46. The maximum Gasteiger partial charge on any atom is 0.387 e. The maximum atomic E-state index is 14.9. The Labute approximate surface area is 197 Å². The number of benzene rings is 2. The van der Waals surface area contributed by atoms with Gasteiger partial charge in [-0.25, -0.2) is 13.8 Å². The van der Waals surface area contributed by atoms with Gasteiger partial charge < -0.3 is 14.2 Å². The first-order chi connectivity index (χ1) is 16.5. The highest BCUT2D eigenvalue weighted by Crippen LogP contribution is 2.31. The molecule has 8 nitrogen and oxygen atoms in total. The molecule has 0 unspecified atom stereocenters. The lowest BCUT2D eigenvalue weighted by atomic mass is 9.90. The van der Waals surface area contributed by atoms with E-state index in [2.05, 4.69) is 15.0 Å². The normalized spacial score (nSPS) is 11.3. The monoisotopic (exact) mass is 495 g/mol. The Morgan fingerprint density at radius 3 is 2.14 bits per heavy atom. The van der Waals surface area contributed by atoms with Crippen LogP contribution in [-0.2, 0) is 14.9 Å². The SMILES string of the molecule is COC(=O)C(C)(C)c1cn(-c2c(F)cc(OC)cc2F)c(NC(=O)c2ccc(OC(F)F)cc2)n1. The Bertz CT molecular complexity index is 1220. The minimum absolute atomic E-state index is 0.0191. The fourth-order valence-corrected chi connectivity index (χ4v) is 3.15. The molecule has 0 radical (unpaired) electrons. The zero-order valence-corrected chi connectivity index (χ0v) is 19.1. The minimum Gasteiger partial charge on any atom is -0.497 e. The van der Waals surface area contributed by atoms with Gasteiger partial charge in [0, 0.05) is 23.9 Å². The molecule has 35 heavy (non-hydrogen) atoms. The summed E-state index contributed by atoms with van der Waals surface area (Å²) in [4.78, 5) is 29.3. The van der Waals surface area contributed by atoms with Gasteiger partial charge in [0.15, 0.2) is 11.6 Å². The molecule has 1 aromatic heterocycles. The third kappa shape index (κ3) is 5.36. The molecule has 2 aromatic carbocycles. The Kier molecular flexibility index (Phi) is 7.32. The van der Waals surface area contributed by atoms with Gasteiger partial charge in [-0.1, -0.05) is 0 Å². The molecule has 0 bridgehead atoms. The Balaban J connectivity index is 2.06. The van der Waals surface area contributed by atoms with Crippen LogP contribution in [0.1, 0.15) is 29.9 Å². The number of carbonyl (C=O) groups is 2.